The molecule has 1 saturated heterocycles. The van der Waals surface area contributed by atoms with Gasteiger partial charge in [-0.25, -0.2) is 0 Å². The number of aromatic nitrogens is 2. The number of hydrogen-bond donors (Lipinski definition) is 3. The van der Waals surface area contributed by atoms with Crippen molar-refractivity contribution >= 4 is 18.3 Å². The second-order valence-electron chi connectivity index (χ2n) is 5.68. The van der Waals surface area contributed by atoms with E-state index < -0.39 is 0 Å². The third-order valence-corrected chi connectivity index (χ3v) is 4.15. The van der Waals surface area contributed by atoms with E-state index in [1.54, 1.807) is 6.07 Å². The number of amides is 1. The van der Waals surface area contributed by atoms with E-state index in [4.69, 9.17) is 5.11 Å². The normalized spacial score (nSPS) is 19.3. The molecule has 0 aliphatic carbocycles. The molecule has 22 heavy (non-hydrogen) atoms. The van der Waals surface area contributed by atoms with Gasteiger partial charge >= 0.3 is 0 Å². The summed E-state index contributed by atoms with van der Waals surface area (Å²) in [6, 6.07) is 2.12. The number of carbonyl (C=O) groups excluding carboxylic acids is 1. The number of aliphatic hydroxyl groups is 1. The highest BCUT2D eigenvalue weighted by Gasteiger charge is 2.18. The zero-order valence-electron chi connectivity index (χ0n) is 13.1. The van der Waals surface area contributed by atoms with Gasteiger partial charge in [0.15, 0.2) is 0 Å². The molecule has 1 aromatic rings. The zero-order valence-corrected chi connectivity index (χ0v) is 13.9. The topological polar surface area (TPSA) is 79.2 Å². The van der Waals surface area contributed by atoms with Crippen molar-refractivity contribution in [3.63, 3.8) is 0 Å². The molecule has 1 amide bonds. The van der Waals surface area contributed by atoms with Gasteiger partial charge in [-0.1, -0.05) is 13.3 Å². The van der Waals surface area contributed by atoms with E-state index in [-0.39, 0.29) is 24.9 Å². The number of piperidine rings is 1. The molecule has 2 rings (SSSR count). The maximum absolute atomic E-state index is 12.1. The first-order valence-corrected chi connectivity index (χ1v) is 7.89. The summed E-state index contributed by atoms with van der Waals surface area (Å²) >= 11 is 0. The second kappa shape index (κ2) is 9.82. The zero-order chi connectivity index (χ0) is 15.1. The number of nitrogens with zero attached hydrogens (tertiary/aromatic N) is 2. The first kappa shape index (κ1) is 18.9. The van der Waals surface area contributed by atoms with Crippen molar-refractivity contribution in [2.24, 2.45) is 5.92 Å². The third-order valence-electron chi connectivity index (χ3n) is 4.15. The first-order chi connectivity index (χ1) is 10.2. The fourth-order valence-corrected chi connectivity index (χ4v) is 2.68. The smallest absolute Gasteiger partial charge is 0.271 e. The Labute approximate surface area is 138 Å². The quantitative estimate of drug-likeness (QED) is 0.705. The number of nitrogens with one attached hydrogen (secondary N) is 2. The molecule has 0 aromatic carbocycles. The molecule has 7 heteroatoms. The van der Waals surface area contributed by atoms with Gasteiger partial charge in [0.1, 0.15) is 5.69 Å². The Morgan fingerprint density at radius 1 is 1.64 bits per heavy atom. The fraction of sp³-hybridized carbons (Fsp3) is 0.733. The highest BCUT2D eigenvalue weighted by atomic mass is 35.5. The molecule has 0 saturated carbocycles. The highest BCUT2D eigenvalue weighted by Crippen LogP contribution is 2.15. The lowest BCUT2D eigenvalue weighted by Crippen LogP contribution is -2.32. The average Bonchev–Trinajstić information content (AvgIpc) is 3.02. The van der Waals surface area contributed by atoms with Crippen LogP contribution in [-0.4, -0.2) is 47.0 Å². The van der Waals surface area contributed by atoms with Crippen LogP contribution in [0.3, 0.4) is 0 Å². The van der Waals surface area contributed by atoms with Crippen LogP contribution in [0.1, 0.15) is 49.1 Å². The van der Waals surface area contributed by atoms with E-state index in [1.165, 1.54) is 0 Å². The molecule has 1 aliphatic heterocycles. The summed E-state index contributed by atoms with van der Waals surface area (Å²) in [5.41, 5.74) is 0.472. The maximum atomic E-state index is 12.1. The van der Waals surface area contributed by atoms with Gasteiger partial charge in [-0.2, -0.15) is 5.10 Å². The van der Waals surface area contributed by atoms with Crippen LogP contribution in [0, 0.1) is 5.92 Å². The molecule has 1 aliphatic rings. The van der Waals surface area contributed by atoms with Crippen molar-refractivity contribution in [2.45, 2.75) is 38.6 Å². The summed E-state index contributed by atoms with van der Waals surface area (Å²) in [6.07, 6.45) is 5.80. The van der Waals surface area contributed by atoms with Crippen molar-refractivity contribution in [1.29, 1.82) is 0 Å². The van der Waals surface area contributed by atoms with E-state index in [0.29, 0.717) is 24.2 Å². The van der Waals surface area contributed by atoms with Crippen LogP contribution in [-0.2, 0) is 0 Å². The van der Waals surface area contributed by atoms with Crippen molar-refractivity contribution in [3.05, 3.63) is 18.0 Å². The molecule has 2 atom stereocenters. The monoisotopic (exact) mass is 330 g/mol. The summed E-state index contributed by atoms with van der Waals surface area (Å²) in [4.78, 5) is 12.1. The molecule has 1 fully saturated rings. The Bertz CT molecular complexity index is 447. The van der Waals surface area contributed by atoms with Gasteiger partial charge < -0.3 is 15.7 Å². The number of carbonyl (C=O) groups is 1. The lowest BCUT2D eigenvalue weighted by Gasteiger charge is -2.22. The van der Waals surface area contributed by atoms with Gasteiger partial charge in [0.2, 0.25) is 0 Å². The summed E-state index contributed by atoms with van der Waals surface area (Å²) in [5.74, 6) is 0.192. The van der Waals surface area contributed by atoms with E-state index in [2.05, 4.69) is 22.7 Å². The number of aliphatic hydroxyl groups excluding tert-OH is 1. The SMILES string of the molecule is CCC(CCO)CNC(=O)c1ccn(C2CCCNC2)n1.Cl. The van der Waals surface area contributed by atoms with E-state index >= 15 is 0 Å². The minimum absolute atomic E-state index is 0. The van der Waals surface area contributed by atoms with Crippen LogP contribution >= 0.6 is 12.4 Å². The summed E-state index contributed by atoms with van der Waals surface area (Å²) in [7, 11) is 0. The Morgan fingerprint density at radius 3 is 3.09 bits per heavy atom. The van der Waals surface area contributed by atoms with Crippen molar-refractivity contribution in [2.75, 3.05) is 26.2 Å². The van der Waals surface area contributed by atoms with Gasteiger partial charge in [-0.3, -0.25) is 9.48 Å². The molecule has 2 unspecified atom stereocenters. The Morgan fingerprint density at radius 2 is 2.45 bits per heavy atom. The first-order valence-electron chi connectivity index (χ1n) is 7.89. The standard InChI is InChI=1S/C15H26N4O2.ClH/c1-2-12(6-9-20)10-17-15(21)14-5-8-19(18-14)13-4-3-7-16-11-13;/h5,8,12-13,16,20H,2-4,6-7,9-11H2,1H3,(H,17,21);1H. The average molecular weight is 331 g/mol. The van der Waals surface area contributed by atoms with Crippen molar-refractivity contribution < 1.29 is 9.90 Å². The Kier molecular flexibility index (Phi) is 8.45. The second-order valence-corrected chi connectivity index (χ2v) is 5.68. The van der Waals surface area contributed by atoms with Crippen LogP contribution in [0.4, 0.5) is 0 Å². The van der Waals surface area contributed by atoms with E-state index in [0.717, 1.165) is 38.8 Å². The van der Waals surface area contributed by atoms with Gasteiger partial charge in [0.05, 0.1) is 6.04 Å². The maximum Gasteiger partial charge on any atom is 0.271 e. The van der Waals surface area contributed by atoms with Crippen LogP contribution in [0.2, 0.25) is 0 Å². The minimum Gasteiger partial charge on any atom is -0.396 e. The number of halogens is 1. The van der Waals surface area contributed by atoms with Gasteiger partial charge in [0, 0.05) is 25.9 Å². The van der Waals surface area contributed by atoms with E-state index in [1.807, 2.05) is 10.9 Å². The molecule has 0 radical (unpaired) electrons. The van der Waals surface area contributed by atoms with Crippen LogP contribution < -0.4 is 10.6 Å². The highest BCUT2D eigenvalue weighted by molar-refractivity contribution is 5.92. The van der Waals surface area contributed by atoms with Gasteiger partial charge in [-0.15, -0.1) is 12.4 Å². The predicted molar refractivity (Wildman–Crippen MR) is 88.4 cm³/mol. The largest absolute Gasteiger partial charge is 0.396 e. The van der Waals surface area contributed by atoms with Crippen LogP contribution in [0.25, 0.3) is 0 Å². The van der Waals surface area contributed by atoms with Crippen LogP contribution in [0.15, 0.2) is 12.3 Å². The fourth-order valence-electron chi connectivity index (χ4n) is 2.68. The summed E-state index contributed by atoms with van der Waals surface area (Å²) < 4.78 is 1.89. The lowest BCUT2D eigenvalue weighted by molar-refractivity contribution is 0.0937. The Balaban J connectivity index is 0.00000242. The number of rotatable bonds is 7. The Hall–Kier alpha value is -1.11. The minimum atomic E-state index is -0.131. The molecule has 6 nitrogen and oxygen atoms in total. The van der Waals surface area contributed by atoms with Gasteiger partial charge in [0.25, 0.3) is 5.91 Å². The summed E-state index contributed by atoms with van der Waals surface area (Å²) in [6.45, 7) is 4.80. The lowest BCUT2D eigenvalue weighted by atomic mass is 10.0. The third kappa shape index (κ3) is 5.26. The molecular formula is C15H27ClN4O2. The molecule has 0 bridgehead atoms. The van der Waals surface area contributed by atoms with E-state index in [9.17, 15) is 4.79 Å². The van der Waals surface area contributed by atoms with Crippen molar-refractivity contribution in [3.8, 4) is 0 Å². The summed E-state index contributed by atoms with van der Waals surface area (Å²) in [5, 5.41) is 19.6. The van der Waals surface area contributed by atoms with Gasteiger partial charge in [-0.05, 0) is 37.8 Å². The predicted octanol–water partition coefficient (Wildman–Crippen LogP) is 1.37. The molecular weight excluding hydrogens is 304 g/mol. The molecule has 2 heterocycles. The number of hydrogen-bond acceptors (Lipinski definition) is 4. The molecule has 3 N–H and O–H groups in total. The van der Waals surface area contributed by atoms with Crippen LogP contribution in [0.5, 0.6) is 0 Å². The van der Waals surface area contributed by atoms with Crippen molar-refractivity contribution in [1.82, 2.24) is 20.4 Å². The molecule has 126 valence electrons. The molecule has 0 spiro atoms. The molecule has 1 aromatic heterocycles.